The highest BCUT2D eigenvalue weighted by Crippen LogP contribution is 2.30. The van der Waals surface area contributed by atoms with E-state index in [1.807, 2.05) is 0 Å². The van der Waals surface area contributed by atoms with Crippen LogP contribution in [0, 0.1) is 11.6 Å². The molecule has 0 spiro atoms. The molecule has 0 fully saturated rings. The van der Waals surface area contributed by atoms with Crippen LogP contribution < -0.4 is 0 Å². The lowest BCUT2D eigenvalue weighted by Gasteiger charge is -2.37. The van der Waals surface area contributed by atoms with Crippen molar-refractivity contribution in [2.75, 3.05) is 14.1 Å². The molecule has 90 valence electrons. The molecule has 0 aromatic heterocycles. The van der Waals surface area contributed by atoms with E-state index < -0.39 is 23.3 Å². The second-order valence-corrected chi connectivity index (χ2v) is 4.62. The van der Waals surface area contributed by atoms with E-state index in [-0.39, 0.29) is 5.56 Å². The van der Waals surface area contributed by atoms with Crippen LogP contribution in [0.1, 0.15) is 25.5 Å². The molecule has 0 amide bonds. The first-order chi connectivity index (χ1) is 7.26. The molecule has 1 aromatic carbocycles. The van der Waals surface area contributed by atoms with Crippen LogP contribution in [-0.2, 0) is 0 Å². The van der Waals surface area contributed by atoms with Gasteiger partial charge in [0.1, 0.15) is 11.6 Å². The zero-order chi connectivity index (χ0) is 12.5. The van der Waals surface area contributed by atoms with Crippen LogP contribution in [0.5, 0.6) is 0 Å². The van der Waals surface area contributed by atoms with E-state index in [9.17, 15) is 13.9 Å². The van der Waals surface area contributed by atoms with E-state index in [0.29, 0.717) is 0 Å². The molecule has 4 heteroatoms. The van der Waals surface area contributed by atoms with E-state index >= 15 is 0 Å². The molecular weight excluding hydrogens is 212 g/mol. The molecule has 0 bridgehead atoms. The monoisotopic (exact) mass is 229 g/mol. The highest BCUT2D eigenvalue weighted by molar-refractivity contribution is 5.23. The standard InChI is InChI=1S/C12H17F2NO/c1-12(2,15(3)4)11(16)9-6-5-8(13)7-10(9)14/h5-7,11,16H,1-4H3. The topological polar surface area (TPSA) is 23.5 Å². The Morgan fingerprint density at radius 3 is 2.25 bits per heavy atom. The van der Waals surface area contributed by atoms with Gasteiger partial charge in [0, 0.05) is 17.2 Å². The first-order valence-electron chi connectivity index (χ1n) is 5.07. The van der Waals surface area contributed by atoms with Gasteiger partial charge in [-0.25, -0.2) is 8.78 Å². The van der Waals surface area contributed by atoms with Gasteiger partial charge < -0.3 is 10.0 Å². The lowest BCUT2D eigenvalue weighted by molar-refractivity contribution is 0.0141. The van der Waals surface area contributed by atoms with Gasteiger partial charge in [-0.05, 0) is 34.0 Å². The quantitative estimate of drug-likeness (QED) is 0.860. The van der Waals surface area contributed by atoms with Gasteiger partial charge in [-0.2, -0.15) is 0 Å². The Morgan fingerprint density at radius 1 is 1.25 bits per heavy atom. The van der Waals surface area contributed by atoms with Gasteiger partial charge in [0.05, 0.1) is 6.10 Å². The maximum atomic E-state index is 13.5. The first kappa shape index (κ1) is 13.1. The van der Waals surface area contributed by atoms with E-state index in [4.69, 9.17) is 0 Å². The van der Waals surface area contributed by atoms with Crippen LogP contribution in [0.4, 0.5) is 8.78 Å². The maximum absolute atomic E-state index is 13.5. The lowest BCUT2D eigenvalue weighted by Crippen LogP contribution is -2.44. The smallest absolute Gasteiger partial charge is 0.131 e. The van der Waals surface area contributed by atoms with Gasteiger partial charge >= 0.3 is 0 Å². The van der Waals surface area contributed by atoms with Crippen LogP contribution in [0.25, 0.3) is 0 Å². The van der Waals surface area contributed by atoms with E-state index in [1.165, 1.54) is 6.07 Å². The number of likely N-dealkylation sites (N-methyl/N-ethyl adjacent to an activating group) is 1. The number of nitrogens with zero attached hydrogens (tertiary/aromatic N) is 1. The van der Waals surface area contributed by atoms with Gasteiger partial charge in [-0.15, -0.1) is 0 Å². The molecule has 0 aliphatic heterocycles. The largest absolute Gasteiger partial charge is 0.386 e. The minimum absolute atomic E-state index is 0.111. The molecule has 0 saturated carbocycles. The molecule has 1 rings (SSSR count). The van der Waals surface area contributed by atoms with Crippen molar-refractivity contribution in [3.05, 3.63) is 35.4 Å². The van der Waals surface area contributed by atoms with Crippen molar-refractivity contribution < 1.29 is 13.9 Å². The fourth-order valence-corrected chi connectivity index (χ4v) is 1.35. The maximum Gasteiger partial charge on any atom is 0.131 e. The van der Waals surface area contributed by atoms with Crippen molar-refractivity contribution in [3.8, 4) is 0 Å². The van der Waals surface area contributed by atoms with Crippen molar-refractivity contribution in [3.63, 3.8) is 0 Å². The second kappa shape index (κ2) is 4.47. The predicted molar refractivity (Wildman–Crippen MR) is 59.1 cm³/mol. The van der Waals surface area contributed by atoms with Crippen LogP contribution in [0.2, 0.25) is 0 Å². The summed E-state index contributed by atoms with van der Waals surface area (Å²) >= 11 is 0. The zero-order valence-electron chi connectivity index (χ0n) is 9.96. The summed E-state index contributed by atoms with van der Waals surface area (Å²) in [5, 5.41) is 10.1. The van der Waals surface area contributed by atoms with Gasteiger partial charge in [0.25, 0.3) is 0 Å². The molecule has 0 radical (unpaired) electrons. The molecule has 1 N–H and O–H groups in total. The van der Waals surface area contributed by atoms with Crippen molar-refractivity contribution in [1.82, 2.24) is 4.90 Å². The summed E-state index contributed by atoms with van der Waals surface area (Å²) in [6.45, 7) is 3.58. The normalized spacial score (nSPS) is 14.2. The predicted octanol–water partition coefficient (Wildman–Crippen LogP) is 2.34. The summed E-state index contributed by atoms with van der Waals surface area (Å²) in [4.78, 5) is 1.79. The van der Waals surface area contributed by atoms with Crippen molar-refractivity contribution in [1.29, 1.82) is 0 Å². The fourth-order valence-electron chi connectivity index (χ4n) is 1.35. The Labute approximate surface area is 94.5 Å². The minimum atomic E-state index is -1.01. The van der Waals surface area contributed by atoms with Gasteiger partial charge in [0.2, 0.25) is 0 Å². The van der Waals surface area contributed by atoms with Crippen molar-refractivity contribution in [2.24, 2.45) is 0 Å². The molecule has 16 heavy (non-hydrogen) atoms. The molecule has 2 nitrogen and oxygen atoms in total. The van der Waals surface area contributed by atoms with Crippen LogP contribution >= 0.6 is 0 Å². The molecule has 0 saturated heterocycles. The number of aliphatic hydroxyl groups is 1. The molecule has 1 atom stereocenters. The van der Waals surface area contributed by atoms with Crippen molar-refractivity contribution in [2.45, 2.75) is 25.5 Å². The van der Waals surface area contributed by atoms with E-state index in [0.717, 1.165) is 12.1 Å². The van der Waals surface area contributed by atoms with Crippen molar-refractivity contribution >= 4 is 0 Å². The highest BCUT2D eigenvalue weighted by Gasteiger charge is 2.32. The number of hydrogen-bond donors (Lipinski definition) is 1. The van der Waals surface area contributed by atoms with Crippen LogP contribution in [-0.4, -0.2) is 29.6 Å². The minimum Gasteiger partial charge on any atom is -0.386 e. The van der Waals surface area contributed by atoms with Crippen LogP contribution in [0.15, 0.2) is 18.2 Å². The fraction of sp³-hybridized carbons (Fsp3) is 0.500. The van der Waals surface area contributed by atoms with Crippen LogP contribution in [0.3, 0.4) is 0 Å². The molecule has 0 aliphatic rings. The molecule has 0 heterocycles. The second-order valence-electron chi connectivity index (χ2n) is 4.62. The highest BCUT2D eigenvalue weighted by atomic mass is 19.1. The molecular formula is C12H17F2NO. The average Bonchev–Trinajstić information content (AvgIpc) is 2.16. The van der Waals surface area contributed by atoms with Gasteiger partial charge in [-0.1, -0.05) is 6.07 Å². The number of rotatable bonds is 3. The Hall–Kier alpha value is -1.00. The van der Waals surface area contributed by atoms with E-state index in [1.54, 1.807) is 32.8 Å². The summed E-state index contributed by atoms with van der Waals surface area (Å²) < 4.78 is 26.2. The number of benzene rings is 1. The number of aliphatic hydroxyl groups excluding tert-OH is 1. The number of halogens is 2. The molecule has 1 unspecified atom stereocenters. The Kier molecular flexibility index (Phi) is 3.65. The molecule has 1 aromatic rings. The summed E-state index contributed by atoms with van der Waals surface area (Å²) in [7, 11) is 3.59. The lowest BCUT2D eigenvalue weighted by atomic mass is 9.90. The average molecular weight is 229 g/mol. The zero-order valence-corrected chi connectivity index (χ0v) is 9.96. The molecule has 0 aliphatic carbocycles. The third-order valence-corrected chi connectivity index (χ3v) is 3.08. The first-order valence-corrected chi connectivity index (χ1v) is 5.07. The summed E-state index contributed by atoms with van der Waals surface area (Å²) in [5.41, 5.74) is -0.515. The summed E-state index contributed by atoms with van der Waals surface area (Å²) in [6, 6.07) is 3.21. The Bertz CT molecular complexity index is 377. The number of hydrogen-bond acceptors (Lipinski definition) is 2. The third-order valence-electron chi connectivity index (χ3n) is 3.08. The Morgan fingerprint density at radius 2 is 1.81 bits per heavy atom. The van der Waals surface area contributed by atoms with E-state index in [2.05, 4.69) is 0 Å². The summed E-state index contributed by atoms with van der Waals surface area (Å²) in [6.07, 6.45) is -1.01. The third kappa shape index (κ3) is 2.39. The van der Waals surface area contributed by atoms with Gasteiger partial charge in [-0.3, -0.25) is 0 Å². The summed E-state index contributed by atoms with van der Waals surface area (Å²) in [5.74, 6) is -1.36. The Balaban J connectivity index is 3.10. The van der Waals surface area contributed by atoms with Gasteiger partial charge in [0.15, 0.2) is 0 Å². The SMILES string of the molecule is CN(C)C(C)(C)C(O)c1ccc(F)cc1F.